The van der Waals surface area contributed by atoms with Crippen molar-refractivity contribution in [2.45, 2.75) is 36.9 Å². The topological polar surface area (TPSA) is 77.4 Å². The van der Waals surface area contributed by atoms with Gasteiger partial charge in [0.15, 0.2) is 23.9 Å². The van der Waals surface area contributed by atoms with E-state index in [-0.39, 0.29) is 17.9 Å². The third-order valence-electron chi connectivity index (χ3n) is 5.92. The maximum atomic E-state index is 13.1. The van der Waals surface area contributed by atoms with Gasteiger partial charge in [0.2, 0.25) is 0 Å². The second kappa shape index (κ2) is 13.4. The van der Waals surface area contributed by atoms with Gasteiger partial charge in [0, 0.05) is 18.1 Å². The number of methoxy groups -OCH3 is 2. The number of thioether (sulfide) groups is 1. The highest BCUT2D eigenvalue weighted by atomic mass is 35.5. The molecule has 0 bridgehead atoms. The molecule has 0 unspecified atom stereocenters. The van der Waals surface area contributed by atoms with Gasteiger partial charge in [0.1, 0.15) is 27.6 Å². The summed E-state index contributed by atoms with van der Waals surface area (Å²) < 4.78 is 53.0. The minimum Gasteiger partial charge on any atom is -0.497 e. The van der Waals surface area contributed by atoms with E-state index in [4.69, 9.17) is 42.1 Å². The monoisotopic (exact) mass is 600 g/mol. The molecular formula is C27H26Cl2F2NO6S+. The van der Waals surface area contributed by atoms with Crippen LogP contribution < -0.4 is 23.9 Å². The first-order valence-electron chi connectivity index (χ1n) is 11.9. The van der Waals surface area contributed by atoms with Crippen molar-refractivity contribution >= 4 is 40.3 Å². The standard InChI is InChI=1S/C27H25Cl2F2NO6S/c1-34-17-6-8-25(24(10-17)35-2)39-27(33)38-22(11-18-19(28)12-32-13-20(18)29)16-5-7-21(37-26(30)31)23(9-16)36-14-15-3-4-15/h5-10,12-13,15,22,26H,3-4,11,14H2,1-2H3/p+1/t22-/m0/s1. The average Bonchev–Trinajstić information content (AvgIpc) is 3.74. The normalized spacial score (nSPS) is 13.6. The number of ether oxygens (including phenoxy) is 5. The molecule has 4 rings (SSSR count). The molecule has 0 saturated heterocycles. The fraction of sp³-hybridized carbons (Fsp3) is 0.333. The number of carbonyl (C=O) groups is 1. The van der Waals surface area contributed by atoms with E-state index >= 15 is 0 Å². The fourth-order valence-electron chi connectivity index (χ4n) is 3.70. The number of alkyl halides is 2. The highest BCUT2D eigenvalue weighted by Gasteiger charge is 2.27. The molecule has 1 saturated carbocycles. The van der Waals surface area contributed by atoms with Gasteiger partial charge >= 0.3 is 11.9 Å². The molecule has 208 valence electrons. The van der Waals surface area contributed by atoms with Crippen molar-refractivity contribution in [3.05, 3.63) is 70.0 Å². The van der Waals surface area contributed by atoms with Gasteiger partial charge in [-0.15, -0.1) is 0 Å². The molecule has 12 heteroatoms. The van der Waals surface area contributed by atoms with Crippen LogP contribution in [0.1, 0.15) is 30.1 Å². The summed E-state index contributed by atoms with van der Waals surface area (Å²) in [5.74, 6) is 1.39. The molecule has 0 radical (unpaired) electrons. The Bertz CT molecular complexity index is 1290. The van der Waals surface area contributed by atoms with Crippen molar-refractivity contribution in [2.24, 2.45) is 5.92 Å². The van der Waals surface area contributed by atoms with Crippen LogP contribution in [0.15, 0.2) is 53.7 Å². The molecule has 1 atom stereocenters. The molecule has 1 aromatic heterocycles. The van der Waals surface area contributed by atoms with Crippen molar-refractivity contribution in [1.82, 2.24) is 0 Å². The van der Waals surface area contributed by atoms with Gasteiger partial charge in [-0.05, 0) is 60.4 Å². The number of hydrogen-bond acceptors (Lipinski definition) is 7. The molecule has 1 heterocycles. The number of carbonyl (C=O) groups excluding carboxylic acids is 1. The summed E-state index contributed by atoms with van der Waals surface area (Å²) in [6, 6.07) is 9.47. The van der Waals surface area contributed by atoms with Crippen molar-refractivity contribution in [1.29, 1.82) is 0 Å². The zero-order chi connectivity index (χ0) is 27.9. The van der Waals surface area contributed by atoms with Crippen LogP contribution in [0.4, 0.5) is 13.6 Å². The molecule has 0 aliphatic heterocycles. The second-order valence-corrected chi connectivity index (χ2v) is 10.4. The SMILES string of the molecule is COc1ccc(SC(=O)O[C@@H](Cc2c(Cl)c[nH+]cc2Cl)c2ccc(OC(F)F)c(OCC3CC3)c2)c(OC)c1. The van der Waals surface area contributed by atoms with Crippen LogP contribution >= 0.6 is 35.0 Å². The van der Waals surface area contributed by atoms with Crippen molar-refractivity contribution < 1.29 is 42.2 Å². The van der Waals surface area contributed by atoms with Gasteiger partial charge in [-0.2, -0.15) is 8.78 Å². The molecule has 1 N–H and O–H groups in total. The Kier molecular flexibility index (Phi) is 9.99. The van der Waals surface area contributed by atoms with Crippen LogP contribution in [-0.2, 0) is 11.2 Å². The Labute approximate surface area is 238 Å². The van der Waals surface area contributed by atoms with Crippen LogP contribution in [0, 0.1) is 5.92 Å². The van der Waals surface area contributed by atoms with E-state index in [0.717, 1.165) is 24.6 Å². The number of rotatable bonds is 12. The predicted molar refractivity (Wildman–Crippen MR) is 143 cm³/mol. The van der Waals surface area contributed by atoms with Crippen molar-refractivity contribution in [3.63, 3.8) is 0 Å². The Morgan fingerprint density at radius 1 is 1.03 bits per heavy atom. The zero-order valence-corrected chi connectivity index (χ0v) is 23.4. The number of aromatic nitrogens is 1. The number of aromatic amines is 1. The third kappa shape index (κ3) is 8.03. The summed E-state index contributed by atoms with van der Waals surface area (Å²) >= 11 is 13.6. The van der Waals surface area contributed by atoms with E-state index in [1.165, 1.54) is 32.4 Å². The number of H-pyrrole nitrogens is 1. The van der Waals surface area contributed by atoms with Gasteiger partial charge < -0.3 is 23.7 Å². The van der Waals surface area contributed by atoms with Crippen LogP contribution in [0.3, 0.4) is 0 Å². The summed E-state index contributed by atoms with van der Waals surface area (Å²) in [6.45, 7) is -2.66. The maximum absolute atomic E-state index is 13.1. The summed E-state index contributed by atoms with van der Waals surface area (Å²) in [5, 5.41) is 0.0540. The Morgan fingerprint density at radius 3 is 2.41 bits per heavy atom. The maximum Gasteiger partial charge on any atom is 0.387 e. The molecule has 39 heavy (non-hydrogen) atoms. The van der Waals surface area contributed by atoms with Crippen LogP contribution in [0.2, 0.25) is 10.0 Å². The van der Waals surface area contributed by atoms with Gasteiger partial charge in [-0.1, -0.05) is 29.3 Å². The van der Waals surface area contributed by atoms with Crippen LogP contribution in [0.5, 0.6) is 23.0 Å². The third-order valence-corrected chi connectivity index (χ3v) is 7.41. The number of nitrogens with one attached hydrogen (secondary N) is 1. The number of halogens is 4. The lowest BCUT2D eigenvalue weighted by atomic mass is 10.0. The zero-order valence-electron chi connectivity index (χ0n) is 21.0. The van der Waals surface area contributed by atoms with E-state index in [1.54, 1.807) is 30.6 Å². The van der Waals surface area contributed by atoms with Crippen LogP contribution in [-0.4, -0.2) is 32.7 Å². The Hall–Kier alpha value is -2.95. The number of pyridine rings is 1. The minimum absolute atomic E-state index is 0.107. The van der Waals surface area contributed by atoms with Crippen molar-refractivity contribution in [2.75, 3.05) is 20.8 Å². The van der Waals surface area contributed by atoms with E-state index in [9.17, 15) is 13.6 Å². The summed E-state index contributed by atoms with van der Waals surface area (Å²) in [4.78, 5) is 16.5. The molecule has 2 aromatic carbocycles. The molecule has 1 aliphatic rings. The molecule has 1 fully saturated rings. The van der Waals surface area contributed by atoms with Gasteiger partial charge in [0.05, 0.1) is 25.7 Å². The first-order valence-corrected chi connectivity index (χ1v) is 13.5. The van der Waals surface area contributed by atoms with Gasteiger partial charge in [-0.25, -0.2) is 9.78 Å². The molecule has 3 aromatic rings. The predicted octanol–water partition coefficient (Wildman–Crippen LogP) is 7.43. The Balaban J connectivity index is 1.64. The first kappa shape index (κ1) is 29.0. The second-order valence-electron chi connectivity index (χ2n) is 8.65. The molecule has 0 amide bonds. The van der Waals surface area contributed by atoms with Crippen molar-refractivity contribution in [3.8, 4) is 23.0 Å². The minimum atomic E-state index is -3.03. The van der Waals surface area contributed by atoms with Gasteiger partial charge in [-0.3, -0.25) is 0 Å². The highest BCUT2D eigenvalue weighted by Crippen LogP contribution is 2.39. The Morgan fingerprint density at radius 2 is 1.77 bits per heavy atom. The lowest BCUT2D eigenvalue weighted by Gasteiger charge is -2.21. The molecule has 0 spiro atoms. The van der Waals surface area contributed by atoms with Crippen LogP contribution in [0.25, 0.3) is 0 Å². The molecule has 1 aliphatic carbocycles. The average molecular weight is 601 g/mol. The lowest BCUT2D eigenvalue weighted by Crippen LogP contribution is -2.14. The summed E-state index contributed by atoms with van der Waals surface area (Å²) in [5.41, 5.74) is 1.02. The van der Waals surface area contributed by atoms with Gasteiger partial charge in [0.25, 0.3) is 0 Å². The molecular weight excluding hydrogens is 575 g/mol. The fourth-order valence-corrected chi connectivity index (χ4v) is 4.95. The smallest absolute Gasteiger partial charge is 0.387 e. The van der Waals surface area contributed by atoms with E-state index in [1.807, 2.05) is 0 Å². The lowest BCUT2D eigenvalue weighted by molar-refractivity contribution is -0.377. The van der Waals surface area contributed by atoms with E-state index in [2.05, 4.69) is 9.72 Å². The quantitative estimate of drug-likeness (QED) is 0.158. The first-order chi connectivity index (χ1) is 18.8. The number of benzene rings is 2. The number of hydrogen-bond donors (Lipinski definition) is 0. The van der Waals surface area contributed by atoms with E-state index in [0.29, 0.717) is 50.1 Å². The largest absolute Gasteiger partial charge is 0.497 e. The summed E-state index contributed by atoms with van der Waals surface area (Å²) in [6.07, 6.45) is 4.36. The molecule has 7 nitrogen and oxygen atoms in total. The van der Waals surface area contributed by atoms with E-state index < -0.39 is 18.0 Å². The highest BCUT2D eigenvalue weighted by molar-refractivity contribution is 8.13. The summed E-state index contributed by atoms with van der Waals surface area (Å²) in [7, 11) is 3.01.